The van der Waals surface area contributed by atoms with E-state index in [4.69, 9.17) is 14.2 Å². The lowest BCUT2D eigenvalue weighted by Gasteiger charge is -2.33. The van der Waals surface area contributed by atoms with Gasteiger partial charge in [-0.15, -0.1) is 0 Å². The maximum absolute atomic E-state index is 14.2. The van der Waals surface area contributed by atoms with E-state index in [2.05, 4.69) is 5.32 Å². The first-order chi connectivity index (χ1) is 20.8. The number of benzene rings is 3. The SMILES string of the molecule is CCCCNC(=O)[C@@H](CC)N(Cc1cccc(OC)c1)C(=O)CN(c1ccc2c(c1)OCCO2)S(=O)(=O)c1ccccc1. The summed E-state index contributed by atoms with van der Waals surface area (Å²) in [7, 11) is -2.64. The van der Waals surface area contributed by atoms with Gasteiger partial charge in [0.15, 0.2) is 11.5 Å². The lowest BCUT2D eigenvalue weighted by Crippen LogP contribution is -2.52. The van der Waals surface area contributed by atoms with Crippen molar-refractivity contribution in [3.05, 3.63) is 78.4 Å². The standard InChI is InChI=1S/C32H39N3O7S/c1-4-6-17-33-32(37)28(5-2)34(22-24-11-10-12-26(20-24)40-3)31(36)23-35(43(38,39)27-13-8-7-9-14-27)25-15-16-29-30(21-25)42-19-18-41-29/h7-16,20-21,28H,4-6,17-19,22-23H2,1-3H3,(H,33,37)/t28-/m1/s1. The molecule has 3 aromatic rings. The van der Waals surface area contributed by atoms with E-state index in [1.807, 2.05) is 19.9 Å². The molecule has 0 radical (unpaired) electrons. The predicted molar refractivity (Wildman–Crippen MR) is 164 cm³/mol. The molecule has 0 saturated heterocycles. The van der Waals surface area contributed by atoms with Crippen LogP contribution in [0.15, 0.2) is 77.7 Å². The van der Waals surface area contributed by atoms with Gasteiger partial charge in [-0.1, -0.05) is 50.6 Å². The number of nitrogens with zero attached hydrogens (tertiary/aromatic N) is 2. The van der Waals surface area contributed by atoms with Gasteiger partial charge in [0.05, 0.1) is 17.7 Å². The van der Waals surface area contributed by atoms with Gasteiger partial charge in [-0.2, -0.15) is 0 Å². The fourth-order valence-corrected chi connectivity index (χ4v) is 6.26. The van der Waals surface area contributed by atoms with Crippen molar-refractivity contribution in [2.75, 3.05) is 37.7 Å². The summed E-state index contributed by atoms with van der Waals surface area (Å²) in [5, 5.41) is 2.93. The van der Waals surface area contributed by atoms with Gasteiger partial charge in [-0.05, 0) is 54.8 Å². The second kappa shape index (κ2) is 14.8. The highest BCUT2D eigenvalue weighted by atomic mass is 32.2. The van der Waals surface area contributed by atoms with E-state index >= 15 is 0 Å². The van der Waals surface area contributed by atoms with E-state index < -0.39 is 28.5 Å². The number of carbonyl (C=O) groups is 2. The van der Waals surface area contributed by atoms with Crippen LogP contribution in [0.2, 0.25) is 0 Å². The van der Waals surface area contributed by atoms with Gasteiger partial charge in [0.25, 0.3) is 10.0 Å². The molecule has 0 saturated carbocycles. The lowest BCUT2D eigenvalue weighted by atomic mass is 10.1. The molecule has 1 aliphatic rings. The number of ether oxygens (including phenoxy) is 3. The molecule has 0 spiro atoms. The number of fused-ring (bicyclic) bond motifs is 1. The number of unbranched alkanes of at least 4 members (excludes halogenated alkanes) is 1. The molecule has 0 aliphatic carbocycles. The molecular formula is C32H39N3O7S. The molecule has 3 aromatic carbocycles. The number of sulfonamides is 1. The van der Waals surface area contributed by atoms with Crippen molar-refractivity contribution in [2.45, 2.75) is 50.6 Å². The first-order valence-electron chi connectivity index (χ1n) is 14.5. The van der Waals surface area contributed by atoms with E-state index in [1.165, 1.54) is 17.0 Å². The van der Waals surface area contributed by atoms with Gasteiger partial charge < -0.3 is 24.4 Å². The summed E-state index contributed by atoms with van der Waals surface area (Å²) >= 11 is 0. The minimum absolute atomic E-state index is 0.0291. The number of amides is 2. The quantitative estimate of drug-likeness (QED) is 0.270. The number of rotatable bonds is 14. The van der Waals surface area contributed by atoms with Crippen LogP contribution in [0.5, 0.6) is 17.2 Å². The average Bonchev–Trinajstić information content (AvgIpc) is 3.03. The van der Waals surface area contributed by atoms with Crippen LogP contribution in [0.3, 0.4) is 0 Å². The Morgan fingerprint density at radius 1 is 0.953 bits per heavy atom. The smallest absolute Gasteiger partial charge is 0.264 e. The molecule has 0 fully saturated rings. The van der Waals surface area contributed by atoms with Crippen molar-refractivity contribution in [3.8, 4) is 17.2 Å². The molecule has 230 valence electrons. The van der Waals surface area contributed by atoms with Gasteiger partial charge in [0, 0.05) is 19.2 Å². The Balaban J connectivity index is 1.74. The molecule has 1 atom stereocenters. The molecule has 0 unspecified atom stereocenters. The van der Waals surface area contributed by atoms with Crippen LogP contribution >= 0.6 is 0 Å². The van der Waals surface area contributed by atoms with E-state index in [9.17, 15) is 18.0 Å². The molecule has 11 heteroatoms. The summed E-state index contributed by atoms with van der Waals surface area (Å²) in [6.07, 6.45) is 2.05. The molecule has 1 heterocycles. The average molecular weight is 610 g/mol. The minimum Gasteiger partial charge on any atom is -0.497 e. The Hall–Kier alpha value is -4.25. The Morgan fingerprint density at radius 3 is 2.40 bits per heavy atom. The predicted octanol–water partition coefficient (Wildman–Crippen LogP) is 4.39. The van der Waals surface area contributed by atoms with Crippen LogP contribution in [0.4, 0.5) is 5.69 Å². The summed E-state index contributed by atoms with van der Waals surface area (Å²) in [5.74, 6) is 0.667. The van der Waals surface area contributed by atoms with E-state index in [-0.39, 0.29) is 23.0 Å². The van der Waals surface area contributed by atoms with Gasteiger partial charge in [-0.3, -0.25) is 13.9 Å². The molecule has 2 amide bonds. The van der Waals surface area contributed by atoms with Crippen LogP contribution in [0.1, 0.15) is 38.7 Å². The van der Waals surface area contributed by atoms with Gasteiger partial charge in [0.2, 0.25) is 11.8 Å². The van der Waals surface area contributed by atoms with Gasteiger partial charge in [0.1, 0.15) is 31.5 Å². The Kier molecular flexibility index (Phi) is 10.9. The first kappa shape index (κ1) is 31.7. The highest BCUT2D eigenvalue weighted by molar-refractivity contribution is 7.92. The summed E-state index contributed by atoms with van der Waals surface area (Å²) in [4.78, 5) is 29.1. The summed E-state index contributed by atoms with van der Waals surface area (Å²) < 4.78 is 45.8. The Morgan fingerprint density at radius 2 is 1.70 bits per heavy atom. The number of methoxy groups -OCH3 is 1. The molecule has 1 N–H and O–H groups in total. The largest absolute Gasteiger partial charge is 0.497 e. The maximum Gasteiger partial charge on any atom is 0.264 e. The van der Waals surface area contributed by atoms with Crippen LogP contribution < -0.4 is 23.8 Å². The van der Waals surface area contributed by atoms with Crippen molar-refractivity contribution >= 4 is 27.5 Å². The fourth-order valence-electron chi connectivity index (χ4n) is 4.83. The lowest BCUT2D eigenvalue weighted by molar-refractivity contribution is -0.140. The third-order valence-electron chi connectivity index (χ3n) is 7.13. The monoisotopic (exact) mass is 609 g/mol. The van der Waals surface area contributed by atoms with Crippen molar-refractivity contribution in [2.24, 2.45) is 0 Å². The van der Waals surface area contributed by atoms with Crippen molar-refractivity contribution < 1.29 is 32.2 Å². The second-order valence-electron chi connectivity index (χ2n) is 10.1. The zero-order chi connectivity index (χ0) is 30.8. The summed E-state index contributed by atoms with van der Waals surface area (Å²) in [5.41, 5.74) is 0.979. The molecule has 0 aromatic heterocycles. The molecule has 1 aliphatic heterocycles. The highest BCUT2D eigenvalue weighted by Crippen LogP contribution is 2.36. The first-order valence-corrected chi connectivity index (χ1v) is 15.9. The third-order valence-corrected chi connectivity index (χ3v) is 8.91. The zero-order valence-corrected chi connectivity index (χ0v) is 25.6. The molecular weight excluding hydrogens is 570 g/mol. The molecule has 43 heavy (non-hydrogen) atoms. The molecule has 4 rings (SSSR count). The zero-order valence-electron chi connectivity index (χ0n) is 24.8. The van der Waals surface area contributed by atoms with Gasteiger partial charge in [-0.25, -0.2) is 8.42 Å². The van der Waals surface area contributed by atoms with E-state index in [0.717, 1.165) is 22.7 Å². The van der Waals surface area contributed by atoms with Crippen molar-refractivity contribution in [3.63, 3.8) is 0 Å². The van der Waals surface area contributed by atoms with Crippen LogP contribution in [0.25, 0.3) is 0 Å². The number of carbonyl (C=O) groups excluding carboxylic acids is 2. The third kappa shape index (κ3) is 7.78. The maximum atomic E-state index is 14.2. The van der Waals surface area contributed by atoms with Crippen LogP contribution in [-0.4, -0.2) is 64.6 Å². The minimum atomic E-state index is -4.19. The summed E-state index contributed by atoms with van der Waals surface area (Å²) in [6, 6.07) is 19.1. The Labute approximate surface area is 253 Å². The number of hydrogen-bond donors (Lipinski definition) is 1. The fraction of sp³-hybridized carbons (Fsp3) is 0.375. The number of nitrogens with one attached hydrogen (secondary N) is 1. The van der Waals surface area contributed by atoms with E-state index in [0.29, 0.717) is 43.4 Å². The normalized spacial score (nSPS) is 13.1. The Bertz CT molecular complexity index is 1500. The van der Waals surface area contributed by atoms with E-state index in [1.54, 1.807) is 61.7 Å². The van der Waals surface area contributed by atoms with Gasteiger partial charge >= 0.3 is 0 Å². The van der Waals surface area contributed by atoms with Crippen molar-refractivity contribution in [1.29, 1.82) is 0 Å². The summed E-state index contributed by atoms with van der Waals surface area (Å²) in [6.45, 7) is 4.58. The van der Waals surface area contributed by atoms with Crippen LogP contribution in [-0.2, 0) is 26.2 Å². The molecule has 10 nitrogen and oxygen atoms in total. The topological polar surface area (TPSA) is 114 Å². The van der Waals surface area contributed by atoms with Crippen LogP contribution in [0, 0.1) is 0 Å². The number of anilines is 1. The second-order valence-corrected chi connectivity index (χ2v) is 12.0. The van der Waals surface area contributed by atoms with Crippen molar-refractivity contribution in [1.82, 2.24) is 10.2 Å². The molecule has 0 bridgehead atoms. The highest BCUT2D eigenvalue weighted by Gasteiger charge is 2.34. The number of hydrogen-bond acceptors (Lipinski definition) is 7.